The number of unbranched alkanes of at least 4 members (excludes halogenated alkanes) is 1. The molecule has 0 unspecified atom stereocenters. The summed E-state index contributed by atoms with van der Waals surface area (Å²) < 4.78 is 6.24. The zero-order chi connectivity index (χ0) is 19.9. The third-order valence-corrected chi connectivity index (χ3v) is 5.31. The summed E-state index contributed by atoms with van der Waals surface area (Å²) in [5.41, 5.74) is 2.32. The minimum absolute atomic E-state index is 0.126. The van der Waals surface area contributed by atoms with Crippen molar-refractivity contribution in [1.29, 1.82) is 0 Å². The zero-order valence-corrected chi connectivity index (χ0v) is 16.4. The number of benzene rings is 2. The van der Waals surface area contributed by atoms with E-state index in [2.05, 4.69) is 16.4 Å². The van der Waals surface area contributed by atoms with Crippen LogP contribution in [0.2, 0.25) is 0 Å². The van der Waals surface area contributed by atoms with Crippen LogP contribution >= 0.6 is 11.3 Å². The van der Waals surface area contributed by atoms with Gasteiger partial charge in [-0.3, -0.25) is 4.79 Å². The van der Waals surface area contributed by atoms with Gasteiger partial charge in [0.1, 0.15) is 0 Å². The van der Waals surface area contributed by atoms with E-state index in [1.54, 1.807) is 23.5 Å². The van der Waals surface area contributed by atoms with Gasteiger partial charge in [-0.05, 0) is 55.2 Å². The average molecular weight is 398 g/mol. The van der Waals surface area contributed by atoms with Crippen molar-refractivity contribution in [3.63, 3.8) is 0 Å². The van der Waals surface area contributed by atoms with Crippen LogP contribution in [-0.2, 0) is 22.6 Å². The van der Waals surface area contributed by atoms with Gasteiger partial charge in [-0.25, -0.2) is 9.78 Å². The number of carboxylic acid groups (broad SMARTS) is 1. The van der Waals surface area contributed by atoms with Crippen molar-refractivity contribution in [3.8, 4) is 0 Å². The van der Waals surface area contributed by atoms with E-state index in [9.17, 15) is 14.7 Å². The maximum absolute atomic E-state index is 12.2. The summed E-state index contributed by atoms with van der Waals surface area (Å²) in [6.07, 6.45) is 2.84. The van der Waals surface area contributed by atoms with Crippen LogP contribution in [0.25, 0.3) is 10.2 Å². The lowest BCUT2D eigenvalue weighted by molar-refractivity contribution is -0.116. The van der Waals surface area contributed by atoms with Crippen LogP contribution < -0.4 is 5.32 Å². The summed E-state index contributed by atoms with van der Waals surface area (Å²) in [4.78, 5) is 28.1. The van der Waals surface area contributed by atoms with Crippen LogP contribution in [0.5, 0.6) is 0 Å². The predicted octanol–water partition coefficient (Wildman–Crippen LogP) is 4.49. The quantitative estimate of drug-likeness (QED) is 0.518. The first-order chi connectivity index (χ1) is 13.5. The van der Waals surface area contributed by atoms with E-state index in [1.165, 1.54) is 17.9 Å². The highest BCUT2D eigenvalue weighted by molar-refractivity contribution is 7.18. The number of aromatic carboxylic acids is 1. The number of rotatable bonds is 9. The summed E-state index contributed by atoms with van der Waals surface area (Å²) in [6.45, 7) is 0.284. The van der Waals surface area contributed by atoms with Gasteiger partial charge in [-0.15, -0.1) is 11.3 Å². The second-order valence-corrected chi connectivity index (χ2v) is 7.60. The average Bonchev–Trinajstić information content (AvgIpc) is 3.08. The molecule has 1 heterocycles. The molecule has 0 aliphatic carbocycles. The Labute approximate surface area is 167 Å². The minimum atomic E-state index is -1.04. The smallest absolute Gasteiger partial charge is 0.335 e. The molecule has 0 fully saturated rings. The molecule has 0 radical (unpaired) electrons. The Hall–Kier alpha value is -2.77. The standard InChI is InChI=1S/C21H22N2O4S/c1-27-13-14-10-15(21(25)26)12-16(11-14)22-19(24)8-4-5-9-20-23-17-6-2-3-7-18(17)28-20/h2-3,6-7,10-12H,4-5,8-9,13H2,1H3,(H,22,24)(H,25,26). The van der Waals surface area contributed by atoms with Crippen molar-refractivity contribution in [2.75, 3.05) is 12.4 Å². The molecule has 3 rings (SSSR count). The molecular weight excluding hydrogens is 376 g/mol. The fourth-order valence-electron chi connectivity index (χ4n) is 2.95. The Kier molecular flexibility index (Phi) is 6.73. The van der Waals surface area contributed by atoms with Gasteiger partial charge in [-0.2, -0.15) is 0 Å². The Bertz CT molecular complexity index is 950. The first kappa shape index (κ1) is 20.0. The maximum Gasteiger partial charge on any atom is 0.335 e. The molecule has 28 heavy (non-hydrogen) atoms. The Morgan fingerprint density at radius 1 is 1.18 bits per heavy atom. The number of fused-ring (bicyclic) bond motifs is 1. The largest absolute Gasteiger partial charge is 0.478 e. The Balaban J connectivity index is 1.50. The Morgan fingerprint density at radius 3 is 2.75 bits per heavy atom. The van der Waals surface area contributed by atoms with Crippen molar-refractivity contribution in [1.82, 2.24) is 4.98 Å². The summed E-state index contributed by atoms with van der Waals surface area (Å²) in [7, 11) is 1.54. The lowest BCUT2D eigenvalue weighted by atomic mass is 10.1. The van der Waals surface area contributed by atoms with Gasteiger partial charge in [0.25, 0.3) is 0 Å². The van der Waals surface area contributed by atoms with Gasteiger partial charge in [-0.1, -0.05) is 12.1 Å². The van der Waals surface area contributed by atoms with Crippen LogP contribution in [0.4, 0.5) is 5.69 Å². The maximum atomic E-state index is 12.2. The number of amides is 1. The molecule has 0 bridgehead atoms. The molecule has 7 heteroatoms. The lowest BCUT2D eigenvalue weighted by Crippen LogP contribution is -2.12. The predicted molar refractivity (Wildman–Crippen MR) is 110 cm³/mol. The van der Waals surface area contributed by atoms with Crippen LogP contribution in [0.15, 0.2) is 42.5 Å². The summed E-state index contributed by atoms with van der Waals surface area (Å²) in [5, 5.41) is 13.1. The highest BCUT2D eigenvalue weighted by Gasteiger charge is 2.10. The monoisotopic (exact) mass is 398 g/mol. The number of hydrogen-bond acceptors (Lipinski definition) is 5. The normalized spacial score (nSPS) is 10.9. The topological polar surface area (TPSA) is 88.5 Å². The van der Waals surface area contributed by atoms with Crippen molar-refractivity contribution in [3.05, 3.63) is 58.6 Å². The van der Waals surface area contributed by atoms with Crippen LogP contribution in [0, 0.1) is 0 Å². The molecule has 0 aliphatic rings. The van der Waals surface area contributed by atoms with Gasteiger partial charge in [0, 0.05) is 19.2 Å². The SMILES string of the molecule is COCc1cc(NC(=O)CCCCc2nc3ccccc3s2)cc(C(=O)O)c1. The van der Waals surface area contributed by atoms with Crippen molar-refractivity contribution < 1.29 is 19.4 Å². The molecule has 146 valence electrons. The van der Waals surface area contributed by atoms with Gasteiger partial charge in [0.2, 0.25) is 5.91 Å². The van der Waals surface area contributed by atoms with Crippen LogP contribution in [-0.4, -0.2) is 29.1 Å². The second-order valence-electron chi connectivity index (χ2n) is 6.49. The molecule has 1 aromatic heterocycles. The number of ether oxygens (including phenoxy) is 1. The fourth-order valence-corrected chi connectivity index (χ4v) is 3.96. The number of carbonyl (C=O) groups excluding carboxylic acids is 1. The van der Waals surface area contributed by atoms with Crippen LogP contribution in [0.1, 0.15) is 40.2 Å². The van der Waals surface area contributed by atoms with Crippen molar-refractivity contribution in [2.45, 2.75) is 32.3 Å². The number of nitrogens with one attached hydrogen (secondary N) is 1. The highest BCUT2D eigenvalue weighted by Crippen LogP contribution is 2.23. The number of aryl methyl sites for hydroxylation is 1. The molecule has 2 N–H and O–H groups in total. The number of aromatic nitrogens is 1. The van der Waals surface area contributed by atoms with Gasteiger partial charge < -0.3 is 15.2 Å². The molecule has 2 aromatic carbocycles. The molecule has 1 amide bonds. The highest BCUT2D eigenvalue weighted by atomic mass is 32.1. The van der Waals surface area contributed by atoms with Gasteiger partial charge >= 0.3 is 5.97 Å². The number of thiazole rings is 1. The third kappa shape index (κ3) is 5.37. The molecule has 0 spiro atoms. The number of hydrogen-bond donors (Lipinski definition) is 2. The van der Waals surface area contributed by atoms with E-state index in [0.717, 1.165) is 29.8 Å². The number of para-hydroxylation sites is 1. The fraction of sp³-hybridized carbons (Fsp3) is 0.286. The van der Waals surface area contributed by atoms with Gasteiger partial charge in [0.15, 0.2) is 0 Å². The molecule has 0 saturated carbocycles. The van der Waals surface area contributed by atoms with E-state index < -0.39 is 5.97 Å². The number of carbonyl (C=O) groups is 2. The number of nitrogens with zero attached hydrogens (tertiary/aromatic N) is 1. The number of anilines is 1. The van der Waals surface area contributed by atoms with E-state index >= 15 is 0 Å². The minimum Gasteiger partial charge on any atom is -0.478 e. The molecule has 6 nitrogen and oxygen atoms in total. The van der Waals surface area contributed by atoms with Gasteiger partial charge in [0.05, 0.1) is 27.4 Å². The zero-order valence-electron chi connectivity index (χ0n) is 15.6. The van der Waals surface area contributed by atoms with E-state index in [0.29, 0.717) is 17.7 Å². The first-order valence-corrected chi connectivity index (χ1v) is 9.87. The lowest BCUT2D eigenvalue weighted by Gasteiger charge is -2.09. The van der Waals surface area contributed by atoms with Crippen molar-refractivity contribution in [2.24, 2.45) is 0 Å². The number of carboxylic acids is 1. The van der Waals surface area contributed by atoms with E-state index in [-0.39, 0.29) is 18.1 Å². The Morgan fingerprint density at radius 2 is 2.00 bits per heavy atom. The van der Waals surface area contributed by atoms with Crippen LogP contribution in [0.3, 0.4) is 0 Å². The molecular formula is C21H22N2O4S. The van der Waals surface area contributed by atoms with E-state index in [4.69, 9.17) is 4.74 Å². The summed E-state index contributed by atoms with van der Waals surface area (Å²) in [6, 6.07) is 12.8. The third-order valence-electron chi connectivity index (χ3n) is 4.22. The molecule has 0 atom stereocenters. The summed E-state index contributed by atoms with van der Waals surface area (Å²) in [5.74, 6) is -1.17. The first-order valence-electron chi connectivity index (χ1n) is 9.05. The van der Waals surface area contributed by atoms with Crippen molar-refractivity contribution >= 4 is 39.1 Å². The molecule has 3 aromatic rings. The number of methoxy groups -OCH3 is 1. The molecule has 0 aliphatic heterocycles. The second kappa shape index (κ2) is 9.43. The molecule has 0 saturated heterocycles. The van der Waals surface area contributed by atoms with E-state index in [1.807, 2.05) is 18.2 Å². The summed E-state index contributed by atoms with van der Waals surface area (Å²) >= 11 is 1.69.